The van der Waals surface area contributed by atoms with Crippen LogP contribution in [0.15, 0.2) is 23.6 Å². The Kier molecular flexibility index (Phi) is 5.20. The van der Waals surface area contributed by atoms with Gasteiger partial charge in [0, 0.05) is 29.6 Å². The van der Waals surface area contributed by atoms with E-state index in [1.807, 2.05) is 19.2 Å². The number of halogens is 2. The highest BCUT2D eigenvalue weighted by Crippen LogP contribution is 2.16. The number of hydrogen-bond acceptors (Lipinski definition) is 3. The van der Waals surface area contributed by atoms with Crippen LogP contribution in [-0.2, 0) is 12.8 Å². The molecule has 0 spiro atoms. The summed E-state index contributed by atoms with van der Waals surface area (Å²) < 4.78 is 26.6. The van der Waals surface area contributed by atoms with E-state index in [0.717, 1.165) is 29.7 Å². The molecule has 0 aliphatic heterocycles. The zero-order valence-electron chi connectivity index (χ0n) is 11.6. The van der Waals surface area contributed by atoms with Crippen molar-refractivity contribution in [3.05, 3.63) is 51.5 Å². The smallest absolute Gasteiger partial charge is 0.129 e. The molecule has 2 nitrogen and oxygen atoms in total. The normalized spacial score (nSPS) is 12.6. The van der Waals surface area contributed by atoms with E-state index in [9.17, 15) is 8.78 Å². The number of nitrogens with one attached hydrogen (secondary N) is 1. The molecule has 0 bridgehead atoms. The lowest BCUT2D eigenvalue weighted by Crippen LogP contribution is -2.33. The molecule has 2 aromatic rings. The van der Waals surface area contributed by atoms with Crippen LogP contribution >= 0.6 is 11.3 Å². The van der Waals surface area contributed by atoms with E-state index in [1.165, 1.54) is 12.1 Å². The number of aryl methyl sites for hydroxylation is 1. The molecule has 0 saturated carbocycles. The fourth-order valence-electron chi connectivity index (χ4n) is 2.17. The average molecular weight is 296 g/mol. The lowest BCUT2D eigenvalue weighted by atomic mass is 10.0. The third kappa shape index (κ3) is 4.08. The zero-order valence-corrected chi connectivity index (χ0v) is 12.4. The van der Waals surface area contributed by atoms with Gasteiger partial charge in [-0.05, 0) is 31.5 Å². The molecule has 0 radical (unpaired) electrons. The van der Waals surface area contributed by atoms with Crippen molar-refractivity contribution in [2.45, 2.75) is 32.7 Å². The maximum absolute atomic E-state index is 13.7. The first-order valence-corrected chi connectivity index (χ1v) is 7.54. The van der Waals surface area contributed by atoms with Crippen molar-refractivity contribution >= 4 is 11.3 Å². The molecule has 1 heterocycles. The fourth-order valence-corrected chi connectivity index (χ4v) is 3.02. The summed E-state index contributed by atoms with van der Waals surface area (Å²) in [6, 6.07) is 3.86. The standard InChI is InChI=1S/C15H18F2N2S/c1-3-18-13(8-15-19-10(2)9-20-15)6-11-4-5-12(16)7-14(11)17/h4-5,7,9,13,18H,3,6,8H2,1-2H3. The van der Waals surface area contributed by atoms with Gasteiger partial charge in [-0.2, -0.15) is 0 Å². The third-order valence-electron chi connectivity index (χ3n) is 3.06. The van der Waals surface area contributed by atoms with E-state index in [-0.39, 0.29) is 6.04 Å². The van der Waals surface area contributed by atoms with Gasteiger partial charge in [0.25, 0.3) is 0 Å². The number of thiazole rings is 1. The molecule has 0 aliphatic rings. The summed E-state index contributed by atoms with van der Waals surface area (Å²) in [5.41, 5.74) is 1.54. The Bertz CT molecular complexity index is 569. The summed E-state index contributed by atoms with van der Waals surface area (Å²) in [4.78, 5) is 4.44. The second-order valence-corrected chi connectivity index (χ2v) is 5.72. The largest absolute Gasteiger partial charge is 0.314 e. The lowest BCUT2D eigenvalue weighted by Gasteiger charge is -2.17. The van der Waals surface area contributed by atoms with Gasteiger partial charge in [-0.15, -0.1) is 11.3 Å². The average Bonchev–Trinajstić information content (AvgIpc) is 2.78. The van der Waals surface area contributed by atoms with Gasteiger partial charge in [0.2, 0.25) is 0 Å². The lowest BCUT2D eigenvalue weighted by molar-refractivity contribution is 0.501. The SMILES string of the molecule is CCNC(Cc1nc(C)cs1)Cc1ccc(F)cc1F. The van der Waals surface area contributed by atoms with Crippen molar-refractivity contribution in [1.82, 2.24) is 10.3 Å². The molecule has 1 atom stereocenters. The highest BCUT2D eigenvalue weighted by molar-refractivity contribution is 7.09. The van der Waals surface area contributed by atoms with Gasteiger partial charge in [0.05, 0.1) is 5.01 Å². The van der Waals surface area contributed by atoms with Crippen LogP contribution in [0.3, 0.4) is 0 Å². The van der Waals surface area contributed by atoms with E-state index in [2.05, 4.69) is 10.3 Å². The van der Waals surface area contributed by atoms with Crippen molar-refractivity contribution in [2.24, 2.45) is 0 Å². The molecule has 0 fully saturated rings. The molecule has 108 valence electrons. The van der Waals surface area contributed by atoms with E-state index in [1.54, 1.807) is 11.3 Å². The first kappa shape index (κ1) is 15.1. The highest BCUT2D eigenvalue weighted by atomic mass is 32.1. The van der Waals surface area contributed by atoms with Gasteiger partial charge >= 0.3 is 0 Å². The maximum atomic E-state index is 13.7. The fraction of sp³-hybridized carbons (Fsp3) is 0.400. The Hall–Kier alpha value is -1.33. The maximum Gasteiger partial charge on any atom is 0.129 e. The Labute approximate surface area is 121 Å². The molecule has 20 heavy (non-hydrogen) atoms. The summed E-state index contributed by atoms with van der Waals surface area (Å²) in [7, 11) is 0. The van der Waals surface area contributed by atoms with Crippen LogP contribution in [0.2, 0.25) is 0 Å². The topological polar surface area (TPSA) is 24.9 Å². The number of nitrogens with zero attached hydrogens (tertiary/aromatic N) is 1. The predicted molar refractivity (Wildman–Crippen MR) is 78.1 cm³/mol. The molecule has 1 aromatic heterocycles. The number of hydrogen-bond donors (Lipinski definition) is 1. The number of aromatic nitrogens is 1. The molecular formula is C15H18F2N2S. The van der Waals surface area contributed by atoms with Crippen LogP contribution in [0.4, 0.5) is 8.78 Å². The summed E-state index contributed by atoms with van der Waals surface area (Å²) in [5, 5.41) is 6.39. The molecule has 0 amide bonds. The minimum Gasteiger partial charge on any atom is -0.314 e. The van der Waals surface area contributed by atoms with Gasteiger partial charge in [-0.25, -0.2) is 13.8 Å². The molecule has 5 heteroatoms. The van der Waals surface area contributed by atoms with Crippen LogP contribution in [-0.4, -0.2) is 17.6 Å². The second-order valence-electron chi connectivity index (χ2n) is 4.78. The highest BCUT2D eigenvalue weighted by Gasteiger charge is 2.14. The zero-order chi connectivity index (χ0) is 14.5. The Morgan fingerprint density at radius 3 is 2.70 bits per heavy atom. The van der Waals surface area contributed by atoms with E-state index in [0.29, 0.717) is 12.0 Å². The quantitative estimate of drug-likeness (QED) is 0.882. The molecule has 0 aliphatic carbocycles. The van der Waals surface area contributed by atoms with Crippen molar-refractivity contribution in [2.75, 3.05) is 6.54 Å². The van der Waals surface area contributed by atoms with Gasteiger partial charge in [0.1, 0.15) is 11.6 Å². The number of benzene rings is 1. The van der Waals surface area contributed by atoms with Crippen molar-refractivity contribution < 1.29 is 8.78 Å². The molecule has 1 aromatic carbocycles. The summed E-state index contributed by atoms with van der Waals surface area (Å²) in [5.74, 6) is -1.02. The van der Waals surface area contributed by atoms with Gasteiger partial charge < -0.3 is 5.32 Å². The van der Waals surface area contributed by atoms with E-state index >= 15 is 0 Å². The molecule has 1 N–H and O–H groups in total. The summed E-state index contributed by atoms with van der Waals surface area (Å²) >= 11 is 1.62. The third-order valence-corrected chi connectivity index (χ3v) is 4.05. The van der Waals surface area contributed by atoms with Crippen LogP contribution in [0, 0.1) is 18.6 Å². The predicted octanol–water partition coefficient (Wildman–Crippen LogP) is 3.49. The van der Waals surface area contributed by atoms with Gasteiger partial charge in [-0.1, -0.05) is 13.0 Å². The first-order chi connectivity index (χ1) is 9.58. The Morgan fingerprint density at radius 1 is 1.30 bits per heavy atom. The minimum atomic E-state index is -0.540. The van der Waals surface area contributed by atoms with Crippen LogP contribution in [0.25, 0.3) is 0 Å². The van der Waals surface area contributed by atoms with Gasteiger partial charge in [-0.3, -0.25) is 0 Å². The second kappa shape index (κ2) is 6.90. The monoisotopic (exact) mass is 296 g/mol. The van der Waals surface area contributed by atoms with E-state index in [4.69, 9.17) is 0 Å². The van der Waals surface area contributed by atoms with Crippen LogP contribution < -0.4 is 5.32 Å². The summed E-state index contributed by atoms with van der Waals surface area (Å²) in [6.07, 6.45) is 1.28. The Morgan fingerprint density at radius 2 is 2.10 bits per heavy atom. The number of likely N-dealkylation sites (N-methyl/N-ethyl adjacent to an activating group) is 1. The Balaban J connectivity index is 2.08. The summed E-state index contributed by atoms with van der Waals surface area (Å²) in [6.45, 7) is 4.78. The van der Waals surface area contributed by atoms with E-state index < -0.39 is 11.6 Å². The molecule has 0 saturated heterocycles. The molecule has 1 unspecified atom stereocenters. The van der Waals surface area contributed by atoms with Gasteiger partial charge in [0.15, 0.2) is 0 Å². The van der Waals surface area contributed by atoms with Crippen LogP contribution in [0.1, 0.15) is 23.2 Å². The number of rotatable bonds is 6. The first-order valence-electron chi connectivity index (χ1n) is 6.66. The molecular weight excluding hydrogens is 278 g/mol. The van der Waals surface area contributed by atoms with Crippen molar-refractivity contribution in [3.63, 3.8) is 0 Å². The van der Waals surface area contributed by atoms with Crippen LogP contribution in [0.5, 0.6) is 0 Å². The molecule has 2 rings (SSSR count). The van der Waals surface area contributed by atoms with Crippen molar-refractivity contribution in [1.29, 1.82) is 0 Å². The van der Waals surface area contributed by atoms with Crippen molar-refractivity contribution in [3.8, 4) is 0 Å². The minimum absolute atomic E-state index is 0.102.